The molecule has 2 N–H and O–H groups in total. The number of nitrogens with zero attached hydrogens (tertiary/aromatic N) is 1. The number of carboxylic acid groups (broad SMARTS) is 1. The highest BCUT2D eigenvalue weighted by molar-refractivity contribution is 6.04. The zero-order valence-corrected chi connectivity index (χ0v) is 7.92. The molecule has 0 aromatic carbocycles. The Hall–Kier alpha value is -1.43. The Morgan fingerprint density at radius 3 is 2.40 bits per heavy atom. The van der Waals surface area contributed by atoms with Crippen LogP contribution in [0.1, 0.15) is 19.3 Å². The summed E-state index contributed by atoms with van der Waals surface area (Å²) < 4.78 is 0. The quantitative estimate of drug-likeness (QED) is 0.467. The van der Waals surface area contributed by atoms with E-state index in [2.05, 4.69) is 0 Å². The highest BCUT2D eigenvalue weighted by atomic mass is 16.5. The van der Waals surface area contributed by atoms with E-state index in [1.807, 2.05) is 0 Å². The Bertz CT molecular complexity index is 339. The van der Waals surface area contributed by atoms with E-state index in [9.17, 15) is 14.4 Å². The number of aliphatic carboxylic acids is 1. The van der Waals surface area contributed by atoms with Crippen molar-refractivity contribution in [3.63, 3.8) is 0 Å². The third-order valence-electron chi connectivity index (χ3n) is 3.25. The van der Waals surface area contributed by atoms with Crippen LogP contribution in [-0.4, -0.2) is 33.2 Å². The topological polar surface area (TPSA) is 94.9 Å². The monoisotopic (exact) mass is 213 g/mol. The van der Waals surface area contributed by atoms with Gasteiger partial charge in [-0.25, -0.2) is 0 Å². The molecule has 6 heteroatoms. The summed E-state index contributed by atoms with van der Waals surface area (Å²) in [5.41, 5.74) is 0. The molecule has 0 bridgehead atoms. The first-order chi connectivity index (χ1) is 7.02. The maximum absolute atomic E-state index is 11.4. The molecule has 82 valence electrons. The predicted molar refractivity (Wildman–Crippen MR) is 45.6 cm³/mol. The van der Waals surface area contributed by atoms with Gasteiger partial charge in [0.05, 0.1) is 17.8 Å². The van der Waals surface area contributed by atoms with Crippen LogP contribution < -0.4 is 0 Å². The van der Waals surface area contributed by atoms with Gasteiger partial charge in [0.25, 0.3) is 11.8 Å². The average molecular weight is 213 g/mol. The van der Waals surface area contributed by atoms with Crippen LogP contribution in [0, 0.1) is 17.8 Å². The third kappa shape index (κ3) is 1.41. The molecule has 0 spiro atoms. The molecule has 3 atom stereocenters. The molecule has 2 rings (SSSR count). The zero-order valence-electron chi connectivity index (χ0n) is 7.92. The Morgan fingerprint density at radius 2 is 1.80 bits per heavy atom. The molecule has 2 aliphatic rings. The lowest BCUT2D eigenvalue weighted by atomic mass is 9.75. The second kappa shape index (κ2) is 3.30. The van der Waals surface area contributed by atoms with Crippen molar-refractivity contribution < 1.29 is 24.7 Å². The van der Waals surface area contributed by atoms with Crippen molar-refractivity contribution in [2.75, 3.05) is 0 Å². The van der Waals surface area contributed by atoms with Crippen molar-refractivity contribution in [1.29, 1.82) is 0 Å². The molecular formula is C9H11NO5. The van der Waals surface area contributed by atoms with E-state index in [1.165, 1.54) is 0 Å². The van der Waals surface area contributed by atoms with E-state index in [-0.39, 0.29) is 11.5 Å². The van der Waals surface area contributed by atoms with E-state index in [1.54, 1.807) is 0 Å². The standard InChI is InChI=1S/C9H11NO5/c11-7-5-2-1-4(9(13)14)3-6(5)8(12)10(7)15/h4-6,15H,1-3H2,(H,13,14). The number of hydrogen-bond acceptors (Lipinski definition) is 4. The highest BCUT2D eigenvalue weighted by Crippen LogP contribution is 2.40. The van der Waals surface area contributed by atoms with E-state index in [4.69, 9.17) is 10.3 Å². The van der Waals surface area contributed by atoms with E-state index in [0.29, 0.717) is 12.8 Å². The van der Waals surface area contributed by atoms with Crippen LogP contribution in [0.25, 0.3) is 0 Å². The number of carbonyl (C=O) groups excluding carboxylic acids is 2. The Morgan fingerprint density at radius 1 is 1.20 bits per heavy atom. The lowest BCUT2D eigenvalue weighted by Gasteiger charge is -2.25. The minimum Gasteiger partial charge on any atom is -0.481 e. The van der Waals surface area contributed by atoms with Crippen molar-refractivity contribution in [2.45, 2.75) is 19.3 Å². The van der Waals surface area contributed by atoms with Crippen molar-refractivity contribution in [1.82, 2.24) is 5.06 Å². The number of carbonyl (C=O) groups is 3. The number of amides is 2. The van der Waals surface area contributed by atoms with Crippen LogP contribution >= 0.6 is 0 Å². The summed E-state index contributed by atoms with van der Waals surface area (Å²) >= 11 is 0. The number of carboxylic acids is 1. The van der Waals surface area contributed by atoms with Crippen molar-refractivity contribution in [3.05, 3.63) is 0 Å². The minimum absolute atomic E-state index is 0.138. The molecule has 3 unspecified atom stereocenters. The molecule has 1 aliphatic heterocycles. The second-order valence-corrected chi connectivity index (χ2v) is 4.05. The highest BCUT2D eigenvalue weighted by Gasteiger charge is 2.51. The Balaban J connectivity index is 2.18. The Labute approximate surface area is 85.4 Å². The number of fused-ring (bicyclic) bond motifs is 1. The molecule has 2 fully saturated rings. The van der Waals surface area contributed by atoms with Crippen LogP contribution in [0.2, 0.25) is 0 Å². The molecule has 15 heavy (non-hydrogen) atoms. The molecule has 6 nitrogen and oxygen atoms in total. The van der Waals surface area contributed by atoms with Crippen LogP contribution in [0.5, 0.6) is 0 Å². The molecule has 1 saturated heterocycles. The predicted octanol–water partition coefficient (Wildman–Crippen LogP) is -0.138. The van der Waals surface area contributed by atoms with Gasteiger partial charge in [0, 0.05) is 0 Å². The van der Waals surface area contributed by atoms with Crippen LogP contribution in [0.15, 0.2) is 0 Å². The number of imide groups is 1. The first-order valence-corrected chi connectivity index (χ1v) is 4.82. The van der Waals surface area contributed by atoms with E-state index in [0.717, 1.165) is 0 Å². The fourth-order valence-corrected chi connectivity index (χ4v) is 2.39. The molecule has 1 aliphatic carbocycles. The van der Waals surface area contributed by atoms with Gasteiger partial charge >= 0.3 is 5.97 Å². The van der Waals surface area contributed by atoms with Gasteiger partial charge in [-0.1, -0.05) is 0 Å². The lowest BCUT2D eigenvalue weighted by Crippen LogP contribution is -2.30. The summed E-state index contributed by atoms with van der Waals surface area (Å²) in [5.74, 6) is -3.92. The second-order valence-electron chi connectivity index (χ2n) is 4.05. The number of hydroxylamine groups is 2. The Kier molecular flexibility index (Phi) is 2.22. The average Bonchev–Trinajstić information content (AvgIpc) is 2.44. The normalized spacial score (nSPS) is 35.5. The molecular weight excluding hydrogens is 202 g/mol. The van der Waals surface area contributed by atoms with Gasteiger partial charge < -0.3 is 5.11 Å². The van der Waals surface area contributed by atoms with Crippen molar-refractivity contribution in [3.8, 4) is 0 Å². The maximum Gasteiger partial charge on any atom is 0.306 e. The summed E-state index contributed by atoms with van der Waals surface area (Å²) in [4.78, 5) is 33.5. The molecule has 0 aromatic heterocycles. The largest absolute Gasteiger partial charge is 0.481 e. The number of hydrogen-bond donors (Lipinski definition) is 2. The molecule has 0 radical (unpaired) electrons. The summed E-state index contributed by atoms with van der Waals surface area (Å²) in [7, 11) is 0. The smallest absolute Gasteiger partial charge is 0.306 e. The molecule has 2 amide bonds. The summed E-state index contributed by atoms with van der Waals surface area (Å²) in [5, 5.41) is 18.1. The SMILES string of the molecule is O=C(O)C1CCC2C(=O)N(O)C(=O)C2C1. The number of rotatable bonds is 1. The van der Waals surface area contributed by atoms with Gasteiger partial charge in [-0.3, -0.25) is 19.6 Å². The lowest BCUT2D eigenvalue weighted by molar-refractivity contribution is -0.173. The minimum atomic E-state index is -0.940. The van der Waals surface area contributed by atoms with Gasteiger partial charge in [0.15, 0.2) is 0 Å². The van der Waals surface area contributed by atoms with Crippen LogP contribution in [0.4, 0.5) is 0 Å². The van der Waals surface area contributed by atoms with E-state index < -0.39 is 35.5 Å². The van der Waals surface area contributed by atoms with Gasteiger partial charge in [0.1, 0.15) is 0 Å². The van der Waals surface area contributed by atoms with Crippen molar-refractivity contribution in [2.24, 2.45) is 17.8 Å². The summed E-state index contributed by atoms with van der Waals surface area (Å²) in [6.45, 7) is 0. The van der Waals surface area contributed by atoms with Crippen LogP contribution in [0.3, 0.4) is 0 Å². The van der Waals surface area contributed by atoms with Gasteiger partial charge in [-0.05, 0) is 19.3 Å². The van der Waals surface area contributed by atoms with Gasteiger partial charge in [0.2, 0.25) is 0 Å². The third-order valence-corrected chi connectivity index (χ3v) is 3.25. The van der Waals surface area contributed by atoms with Crippen LogP contribution in [-0.2, 0) is 14.4 Å². The first kappa shape index (κ1) is 10.1. The first-order valence-electron chi connectivity index (χ1n) is 4.82. The maximum atomic E-state index is 11.4. The fourth-order valence-electron chi connectivity index (χ4n) is 2.39. The summed E-state index contributed by atoms with van der Waals surface area (Å²) in [6.07, 6.45) is 0.911. The summed E-state index contributed by atoms with van der Waals surface area (Å²) in [6, 6.07) is 0. The van der Waals surface area contributed by atoms with E-state index >= 15 is 0 Å². The fraction of sp³-hybridized carbons (Fsp3) is 0.667. The molecule has 1 saturated carbocycles. The zero-order chi connectivity index (χ0) is 11.2. The molecule has 0 aromatic rings. The van der Waals surface area contributed by atoms with Gasteiger partial charge in [-0.15, -0.1) is 0 Å². The molecule has 1 heterocycles. The van der Waals surface area contributed by atoms with Crippen molar-refractivity contribution >= 4 is 17.8 Å². The van der Waals surface area contributed by atoms with Gasteiger partial charge in [-0.2, -0.15) is 5.06 Å².